The minimum absolute atomic E-state index is 0.140. The second-order valence-electron chi connectivity index (χ2n) is 14.4. The quantitative estimate of drug-likeness (QED) is 0.0472. The van der Waals surface area contributed by atoms with Gasteiger partial charge in [-0.25, -0.2) is 9.59 Å². The average molecular weight is 777 g/mol. The van der Waals surface area contributed by atoms with Gasteiger partial charge in [0.25, 0.3) is 0 Å². The topological polar surface area (TPSA) is 135 Å². The van der Waals surface area contributed by atoms with E-state index in [1.54, 1.807) is 0 Å². The van der Waals surface area contributed by atoms with Crippen LogP contribution in [0.3, 0.4) is 0 Å². The molecule has 0 saturated heterocycles. The van der Waals surface area contributed by atoms with E-state index in [9.17, 15) is 19.2 Å². The first kappa shape index (κ1) is 44.1. The van der Waals surface area contributed by atoms with E-state index in [1.807, 2.05) is 121 Å². The number of rotatable bonds is 26. The Morgan fingerprint density at radius 1 is 0.386 bits per heavy atom. The van der Waals surface area contributed by atoms with Crippen LogP contribution < -0.4 is 21.3 Å². The molecule has 10 heteroatoms. The second-order valence-corrected chi connectivity index (χ2v) is 14.4. The van der Waals surface area contributed by atoms with E-state index in [2.05, 4.69) is 21.3 Å². The van der Waals surface area contributed by atoms with Crippen molar-refractivity contribution in [3.63, 3.8) is 0 Å². The molecule has 0 bridgehead atoms. The maximum atomic E-state index is 13.1. The third kappa shape index (κ3) is 19.2. The molecule has 0 aliphatic carbocycles. The highest BCUT2D eigenvalue weighted by molar-refractivity contribution is 5.86. The van der Waals surface area contributed by atoms with E-state index in [-0.39, 0.29) is 25.0 Å². The highest BCUT2D eigenvalue weighted by atomic mass is 16.6. The van der Waals surface area contributed by atoms with Crippen molar-refractivity contribution in [3.05, 3.63) is 144 Å². The van der Waals surface area contributed by atoms with Crippen molar-refractivity contribution in [2.75, 3.05) is 13.1 Å². The van der Waals surface area contributed by atoms with Gasteiger partial charge in [-0.2, -0.15) is 0 Å². The first-order valence-electron chi connectivity index (χ1n) is 20.5. The van der Waals surface area contributed by atoms with E-state index in [0.717, 1.165) is 60.8 Å². The fraction of sp³-hybridized carbons (Fsp3) is 0.404. The normalized spacial score (nSPS) is 11.8. The number of carbonyl (C=O) groups excluding carboxylic acids is 4. The lowest BCUT2D eigenvalue weighted by molar-refractivity contribution is -0.123. The Bertz CT molecular complexity index is 1580. The van der Waals surface area contributed by atoms with Gasteiger partial charge < -0.3 is 30.7 Å². The molecule has 0 unspecified atom stereocenters. The van der Waals surface area contributed by atoms with Gasteiger partial charge in [-0.15, -0.1) is 0 Å². The number of hydrogen-bond donors (Lipinski definition) is 4. The molecule has 304 valence electrons. The number of alkyl carbamates (subject to hydrolysis) is 2. The zero-order valence-electron chi connectivity index (χ0n) is 33.2. The van der Waals surface area contributed by atoms with Crippen LogP contribution in [0.15, 0.2) is 121 Å². The van der Waals surface area contributed by atoms with E-state index < -0.39 is 24.3 Å². The predicted octanol–water partition coefficient (Wildman–Crippen LogP) is 8.59. The fourth-order valence-corrected chi connectivity index (χ4v) is 6.44. The van der Waals surface area contributed by atoms with Crippen molar-refractivity contribution in [2.45, 2.75) is 109 Å². The standard InChI is InChI=1S/C47H60N4O6/c52-44(42(34-38-24-14-10-15-25-38)50-46(54)56-36-40-28-18-12-19-29-40)48-32-22-8-6-4-2-1-3-5-7-9-23-33-49-45(53)43(35-39-26-16-11-17-27-39)51-47(55)57-37-41-30-20-13-21-31-41/h10-21,24-31,42-43H,1-9,22-23,32-37H2,(H,48,52)(H,49,53)(H,50,54)(H,51,55)/t42-,43-/m0/s1. The number of ether oxygens (including phenoxy) is 2. The van der Waals surface area contributed by atoms with Crippen LogP contribution >= 0.6 is 0 Å². The molecule has 0 fully saturated rings. The molecule has 2 atom stereocenters. The van der Waals surface area contributed by atoms with Crippen molar-refractivity contribution >= 4 is 24.0 Å². The third-order valence-electron chi connectivity index (χ3n) is 9.66. The van der Waals surface area contributed by atoms with Crippen LogP contribution in [0.1, 0.15) is 92.9 Å². The third-order valence-corrected chi connectivity index (χ3v) is 9.66. The first-order valence-corrected chi connectivity index (χ1v) is 20.5. The summed E-state index contributed by atoms with van der Waals surface area (Å²) < 4.78 is 10.7. The zero-order chi connectivity index (χ0) is 40.2. The van der Waals surface area contributed by atoms with Crippen molar-refractivity contribution < 1.29 is 28.7 Å². The molecule has 4 aromatic carbocycles. The molecule has 0 saturated carbocycles. The molecule has 4 rings (SSSR count). The lowest BCUT2D eigenvalue weighted by atomic mass is 10.0. The van der Waals surface area contributed by atoms with Crippen LogP contribution in [0.4, 0.5) is 9.59 Å². The molecule has 0 heterocycles. The highest BCUT2D eigenvalue weighted by Gasteiger charge is 2.23. The maximum absolute atomic E-state index is 13.1. The molecular formula is C47H60N4O6. The highest BCUT2D eigenvalue weighted by Crippen LogP contribution is 2.12. The van der Waals surface area contributed by atoms with Gasteiger partial charge in [0.15, 0.2) is 0 Å². The van der Waals surface area contributed by atoms with E-state index >= 15 is 0 Å². The van der Waals surface area contributed by atoms with Gasteiger partial charge in [-0.05, 0) is 35.1 Å². The summed E-state index contributed by atoms with van der Waals surface area (Å²) in [6, 6.07) is 36.7. The Labute approximate surface area is 338 Å². The molecule has 0 aromatic heterocycles. The summed E-state index contributed by atoms with van der Waals surface area (Å²) in [5, 5.41) is 11.5. The van der Waals surface area contributed by atoms with Crippen molar-refractivity contribution in [1.82, 2.24) is 21.3 Å². The molecule has 0 aliphatic heterocycles. The van der Waals surface area contributed by atoms with Gasteiger partial charge >= 0.3 is 12.2 Å². The van der Waals surface area contributed by atoms with Gasteiger partial charge in [0.1, 0.15) is 25.3 Å². The van der Waals surface area contributed by atoms with Crippen LogP contribution in [0.25, 0.3) is 0 Å². The van der Waals surface area contributed by atoms with Crippen LogP contribution in [-0.4, -0.2) is 49.2 Å². The summed E-state index contributed by atoms with van der Waals surface area (Å²) in [6.07, 6.45) is 11.6. The minimum atomic E-state index is -0.725. The summed E-state index contributed by atoms with van der Waals surface area (Å²) in [6.45, 7) is 1.41. The van der Waals surface area contributed by atoms with E-state index in [1.165, 1.54) is 32.1 Å². The van der Waals surface area contributed by atoms with E-state index in [0.29, 0.717) is 25.9 Å². The SMILES string of the molecule is O=C(N[C@@H](Cc1ccccc1)C(=O)NCCCCCCCCCCCCCNC(=O)[C@H](Cc1ccccc1)NC(=O)OCc1ccccc1)OCc1ccccc1. The molecule has 0 aliphatic rings. The van der Waals surface area contributed by atoms with Crippen molar-refractivity contribution in [1.29, 1.82) is 0 Å². The van der Waals surface area contributed by atoms with Crippen LogP contribution in [-0.2, 0) is 45.1 Å². The number of carbonyl (C=O) groups is 4. The van der Waals surface area contributed by atoms with Crippen LogP contribution in [0.5, 0.6) is 0 Å². The molecule has 57 heavy (non-hydrogen) atoms. The van der Waals surface area contributed by atoms with Crippen LogP contribution in [0.2, 0.25) is 0 Å². The molecule has 4 N–H and O–H groups in total. The smallest absolute Gasteiger partial charge is 0.408 e. The fourth-order valence-electron chi connectivity index (χ4n) is 6.44. The Hall–Kier alpha value is -5.64. The largest absolute Gasteiger partial charge is 0.445 e. The van der Waals surface area contributed by atoms with Gasteiger partial charge in [0.2, 0.25) is 11.8 Å². The number of hydrogen-bond acceptors (Lipinski definition) is 6. The number of benzene rings is 4. The lowest BCUT2D eigenvalue weighted by Crippen LogP contribution is -2.48. The Morgan fingerprint density at radius 3 is 0.982 bits per heavy atom. The lowest BCUT2D eigenvalue weighted by Gasteiger charge is -2.18. The molecular weight excluding hydrogens is 717 g/mol. The van der Waals surface area contributed by atoms with Gasteiger partial charge in [0.05, 0.1) is 0 Å². The molecule has 10 nitrogen and oxygen atoms in total. The molecule has 0 spiro atoms. The minimum Gasteiger partial charge on any atom is -0.445 e. The average Bonchev–Trinajstić information content (AvgIpc) is 3.24. The molecule has 4 aromatic rings. The van der Waals surface area contributed by atoms with Crippen molar-refractivity contribution in [2.24, 2.45) is 0 Å². The van der Waals surface area contributed by atoms with Gasteiger partial charge in [0, 0.05) is 25.9 Å². The van der Waals surface area contributed by atoms with Gasteiger partial charge in [-0.3, -0.25) is 9.59 Å². The summed E-state index contributed by atoms with van der Waals surface area (Å²) in [4.78, 5) is 51.2. The van der Waals surface area contributed by atoms with Crippen LogP contribution in [0, 0.1) is 0 Å². The predicted molar refractivity (Wildman–Crippen MR) is 224 cm³/mol. The Kier molecular flexibility index (Phi) is 20.9. The second kappa shape index (κ2) is 27.0. The Balaban J connectivity index is 1.01. The first-order chi connectivity index (χ1) is 28.0. The molecule has 0 radical (unpaired) electrons. The molecule has 4 amide bonds. The monoisotopic (exact) mass is 776 g/mol. The maximum Gasteiger partial charge on any atom is 0.408 e. The number of unbranched alkanes of at least 4 members (excludes halogenated alkanes) is 10. The Morgan fingerprint density at radius 2 is 0.667 bits per heavy atom. The summed E-state index contributed by atoms with van der Waals surface area (Å²) in [5.74, 6) is -0.419. The summed E-state index contributed by atoms with van der Waals surface area (Å²) in [5.41, 5.74) is 3.69. The summed E-state index contributed by atoms with van der Waals surface area (Å²) in [7, 11) is 0. The zero-order valence-corrected chi connectivity index (χ0v) is 33.2. The number of amides is 4. The number of nitrogens with one attached hydrogen (secondary N) is 4. The van der Waals surface area contributed by atoms with E-state index in [4.69, 9.17) is 9.47 Å². The summed E-state index contributed by atoms with van der Waals surface area (Å²) >= 11 is 0. The van der Waals surface area contributed by atoms with Gasteiger partial charge in [-0.1, -0.05) is 179 Å². The van der Waals surface area contributed by atoms with Crippen molar-refractivity contribution in [3.8, 4) is 0 Å².